The van der Waals surface area contributed by atoms with E-state index >= 15 is 0 Å². The normalized spacial score (nSPS) is 28.2. The summed E-state index contributed by atoms with van der Waals surface area (Å²) in [5.41, 5.74) is 7.02. The Labute approximate surface area is 90.2 Å². The highest BCUT2D eigenvalue weighted by molar-refractivity contribution is 4.93. The zero-order valence-electron chi connectivity index (χ0n) is 9.43. The van der Waals surface area contributed by atoms with Crippen molar-refractivity contribution in [1.82, 2.24) is 19.9 Å². The summed E-state index contributed by atoms with van der Waals surface area (Å²) < 4.78 is 1.74. The second-order valence-corrected chi connectivity index (χ2v) is 4.55. The molecular weight excluding hydrogens is 190 g/mol. The van der Waals surface area contributed by atoms with Crippen LogP contribution in [0.3, 0.4) is 0 Å². The summed E-state index contributed by atoms with van der Waals surface area (Å²) in [5.74, 6) is 0.579. The quantitative estimate of drug-likeness (QED) is 0.744. The monoisotopic (exact) mass is 209 g/mol. The van der Waals surface area contributed by atoms with Gasteiger partial charge in [-0.25, -0.2) is 0 Å². The van der Waals surface area contributed by atoms with Gasteiger partial charge in [0.25, 0.3) is 0 Å². The van der Waals surface area contributed by atoms with Crippen LogP contribution < -0.4 is 5.73 Å². The molecule has 0 amide bonds. The average Bonchev–Trinajstić information content (AvgIpc) is 2.58. The van der Waals surface area contributed by atoms with Gasteiger partial charge >= 0.3 is 0 Å². The number of hydrogen-bond acceptors (Lipinski definition) is 4. The van der Waals surface area contributed by atoms with Crippen LogP contribution in [0.2, 0.25) is 0 Å². The lowest BCUT2D eigenvalue weighted by Crippen LogP contribution is -2.45. The van der Waals surface area contributed by atoms with Crippen LogP contribution >= 0.6 is 0 Å². The highest BCUT2D eigenvalue weighted by atomic mass is 15.4. The van der Waals surface area contributed by atoms with Gasteiger partial charge in [-0.05, 0) is 12.3 Å². The Balaban J connectivity index is 1.90. The fourth-order valence-electron chi connectivity index (χ4n) is 2.09. The lowest BCUT2D eigenvalue weighted by atomic mass is 9.95. The molecule has 1 saturated heterocycles. The molecule has 1 aromatic rings. The Morgan fingerprint density at radius 3 is 3.00 bits per heavy atom. The first-order valence-electron chi connectivity index (χ1n) is 5.48. The largest absolute Gasteiger partial charge is 0.327 e. The molecule has 84 valence electrons. The van der Waals surface area contributed by atoms with Crippen LogP contribution in [-0.2, 0) is 13.6 Å². The molecule has 2 N–H and O–H groups in total. The van der Waals surface area contributed by atoms with E-state index in [-0.39, 0.29) is 0 Å². The maximum atomic E-state index is 5.98. The molecule has 5 nitrogen and oxygen atoms in total. The molecule has 2 heterocycles. The summed E-state index contributed by atoms with van der Waals surface area (Å²) in [4.78, 5) is 2.40. The standard InChI is InChI=1S/C10H19N5/c1-8-5-15(4-3-10(8)11)7-9-6-14(2)13-12-9/h6,8,10H,3-5,7,11H2,1-2H3. The minimum absolute atomic E-state index is 0.364. The lowest BCUT2D eigenvalue weighted by molar-refractivity contribution is 0.156. The zero-order valence-corrected chi connectivity index (χ0v) is 9.43. The van der Waals surface area contributed by atoms with E-state index in [1.807, 2.05) is 13.2 Å². The molecule has 0 bridgehead atoms. The van der Waals surface area contributed by atoms with Gasteiger partial charge in [0.1, 0.15) is 0 Å². The maximum absolute atomic E-state index is 5.98. The van der Waals surface area contributed by atoms with Crippen LogP contribution in [0.5, 0.6) is 0 Å². The summed E-state index contributed by atoms with van der Waals surface area (Å²) in [6, 6.07) is 0.364. The number of hydrogen-bond donors (Lipinski definition) is 1. The molecule has 0 aliphatic carbocycles. The topological polar surface area (TPSA) is 60.0 Å². The molecule has 2 atom stereocenters. The van der Waals surface area contributed by atoms with Crippen LogP contribution in [0.15, 0.2) is 6.20 Å². The SMILES string of the molecule is CC1CN(Cc2cn(C)nn2)CCC1N. The molecule has 0 radical (unpaired) electrons. The van der Waals surface area contributed by atoms with E-state index in [4.69, 9.17) is 5.73 Å². The molecule has 15 heavy (non-hydrogen) atoms. The van der Waals surface area contributed by atoms with E-state index in [1.54, 1.807) is 4.68 Å². The van der Waals surface area contributed by atoms with Crippen molar-refractivity contribution >= 4 is 0 Å². The Morgan fingerprint density at radius 2 is 2.40 bits per heavy atom. The summed E-state index contributed by atoms with van der Waals surface area (Å²) in [6.45, 7) is 5.25. The molecule has 1 aromatic heterocycles. The summed E-state index contributed by atoms with van der Waals surface area (Å²) >= 11 is 0. The van der Waals surface area contributed by atoms with Gasteiger partial charge in [-0.1, -0.05) is 12.1 Å². The Bertz CT molecular complexity index is 321. The molecular formula is C10H19N5. The minimum Gasteiger partial charge on any atom is -0.327 e. The van der Waals surface area contributed by atoms with Crippen molar-refractivity contribution in [3.63, 3.8) is 0 Å². The van der Waals surface area contributed by atoms with Gasteiger partial charge in [-0.15, -0.1) is 5.10 Å². The van der Waals surface area contributed by atoms with Crippen LogP contribution in [0.1, 0.15) is 19.0 Å². The number of aryl methyl sites for hydroxylation is 1. The van der Waals surface area contributed by atoms with Gasteiger partial charge in [0, 0.05) is 38.9 Å². The highest BCUT2D eigenvalue weighted by Crippen LogP contribution is 2.16. The van der Waals surface area contributed by atoms with Crippen molar-refractivity contribution in [2.75, 3.05) is 13.1 Å². The van der Waals surface area contributed by atoms with Crippen molar-refractivity contribution in [3.05, 3.63) is 11.9 Å². The first-order valence-corrected chi connectivity index (χ1v) is 5.48. The number of nitrogens with zero attached hydrogens (tertiary/aromatic N) is 4. The third-order valence-corrected chi connectivity index (χ3v) is 3.09. The number of likely N-dealkylation sites (tertiary alicyclic amines) is 1. The molecule has 1 fully saturated rings. The summed E-state index contributed by atoms with van der Waals surface area (Å²) in [6.07, 6.45) is 3.06. The van der Waals surface area contributed by atoms with Crippen LogP contribution in [-0.4, -0.2) is 39.0 Å². The fraction of sp³-hybridized carbons (Fsp3) is 0.800. The van der Waals surface area contributed by atoms with Crippen LogP contribution in [0.25, 0.3) is 0 Å². The highest BCUT2D eigenvalue weighted by Gasteiger charge is 2.23. The maximum Gasteiger partial charge on any atom is 0.0967 e. The Hall–Kier alpha value is -0.940. The molecule has 2 unspecified atom stereocenters. The number of rotatable bonds is 2. The molecule has 0 spiro atoms. The van der Waals surface area contributed by atoms with Gasteiger partial charge in [0.05, 0.1) is 5.69 Å². The third kappa shape index (κ3) is 2.54. The van der Waals surface area contributed by atoms with Crippen molar-refractivity contribution in [1.29, 1.82) is 0 Å². The second kappa shape index (κ2) is 4.28. The van der Waals surface area contributed by atoms with Crippen molar-refractivity contribution in [2.45, 2.75) is 25.9 Å². The first-order chi connectivity index (χ1) is 7.15. The van der Waals surface area contributed by atoms with E-state index in [2.05, 4.69) is 22.1 Å². The van der Waals surface area contributed by atoms with Crippen LogP contribution in [0, 0.1) is 5.92 Å². The number of aromatic nitrogens is 3. The predicted octanol–water partition coefficient (Wildman–Crippen LogP) is -0.0158. The smallest absolute Gasteiger partial charge is 0.0967 e. The van der Waals surface area contributed by atoms with Gasteiger partial charge in [-0.2, -0.15) is 0 Å². The van der Waals surface area contributed by atoms with Crippen molar-refractivity contribution < 1.29 is 0 Å². The predicted molar refractivity (Wildman–Crippen MR) is 58.0 cm³/mol. The molecule has 1 aliphatic rings. The van der Waals surface area contributed by atoms with Gasteiger partial charge < -0.3 is 5.73 Å². The molecule has 5 heteroatoms. The first kappa shape index (κ1) is 10.6. The van der Waals surface area contributed by atoms with Crippen LogP contribution in [0.4, 0.5) is 0 Å². The Morgan fingerprint density at radius 1 is 1.60 bits per heavy atom. The number of nitrogens with two attached hydrogens (primary N) is 1. The molecule has 0 saturated carbocycles. The van der Waals surface area contributed by atoms with Gasteiger partial charge in [-0.3, -0.25) is 9.58 Å². The van der Waals surface area contributed by atoms with E-state index in [0.717, 1.165) is 31.7 Å². The van der Waals surface area contributed by atoms with Gasteiger partial charge in [0.2, 0.25) is 0 Å². The van der Waals surface area contributed by atoms with E-state index in [0.29, 0.717) is 12.0 Å². The molecule has 1 aliphatic heterocycles. The molecule has 0 aromatic carbocycles. The molecule has 2 rings (SSSR count). The Kier molecular flexibility index (Phi) is 3.02. The average molecular weight is 209 g/mol. The lowest BCUT2D eigenvalue weighted by Gasteiger charge is -2.34. The van der Waals surface area contributed by atoms with Crippen molar-refractivity contribution in [2.24, 2.45) is 18.7 Å². The van der Waals surface area contributed by atoms with E-state index < -0.39 is 0 Å². The number of piperidine rings is 1. The summed E-state index contributed by atoms with van der Waals surface area (Å²) in [7, 11) is 1.89. The van der Waals surface area contributed by atoms with E-state index in [9.17, 15) is 0 Å². The summed E-state index contributed by atoms with van der Waals surface area (Å²) in [5, 5.41) is 8.03. The van der Waals surface area contributed by atoms with E-state index in [1.165, 1.54) is 0 Å². The van der Waals surface area contributed by atoms with Crippen molar-refractivity contribution in [3.8, 4) is 0 Å². The van der Waals surface area contributed by atoms with Gasteiger partial charge in [0.15, 0.2) is 0 Å². The minimum atomic E-state index is 0.364. The zero-order chi connectivity index (χ0) is 10.8. The third-order valence-electron chi connectivity index (χ3n) is 3.09. The fourth-order valence-corrected chi connectivity index (χ4v) is 2.09. The second-order valence-electron chi connectivity index (χ2n) is 4.55.